The smallest absolute Gasteiger partial charge is 0.342 e. The minimum Gasteiger partial charge on any atom is -0.496 e. The number of aryl methyl sites for hydroxylation is 1. The Labute approximate surface area is 122 Å². The van der Waals surface area contributed by atoms with Gasteiger partial charge >= 0.3 is 5.97 Å². The highest BCUT2D eigenvalue weighted by Gasteiger charge is 2.14. The van der Waals surface area contributed by atoms with Crippen molar-refractivity contribution in [3.05, 3.63) is 58.9 Å². The van der Waals surface area contributed by atoms with Gasteiger partial charge < -0.3 is 15.2 Å². The van der Waals surface area contributed by atoms with Crippen LogP contribution in [-0.2, 0) is 11.3 Å². The van der Waals surface area contributed by atoms with Crippen molar-refractivity contribution in [3.63, 3.8) is 0 Å². The molecule has 2 rings (SSSR count). The Hall–Kier alpha value is -2.56. The van der Waals surface area contributed by atoms with Crippen molar-refractivity contribution in [2.24, 2.45) is 0 Å². The van der Waals surface area contributed by atoms with Crippen LogP contribution in [0.2, 0.25) is 0 Å². The Morgan fingerprint density at radius 2 is 2.00 bits per heavy atom. The summed E-state index contributed by atoms with van der Waals surface area (Å²) in [6, 6.07) is 9.03. The standard InChI is InChI=1S/C16H16FNO3/c1-10-3-4-12(17)7-11(10)9-21-16(19)14-6-5-13(18)8-15(14)20-2/h3-8H,9,18H2,1-2H3. The Kier molecular flexibility index (Phi) is 4.42. The summed E-state index contributed by atoms with van der Waals surface area (Å²) in [5.41, 5.74) is 7.88. The highest BCUT2D eigenvalue weighted by molar-refractivity contribution is 5.93. The molecule has 0 atom stereocenters. The lowest BCUT2D eigenvalue weighted by atomic mass is 10.1. The number of hydrogen-bond donors (Lipinski definition) is 1. The summed E-state index contributed by atoms with van der Waals surface area (Å²) in [5, 5.41) is 0. The number of hydrogen-bond acceptors (Lipinski definition) is 4. The number of ether oxygens (including phenoxy) is 2. The molecule has 0 aromatic heterocycles. The number of carbonyl (C=O) groups is 1. The molecule has 21 heavy (non-hydrogen) atoms. The van der Waals surface area contributed by atoms with Gasteiger partial charge in [-0.2, -0.15) is 0 Å². The topological polar surface area (TPSA) is 61.5 Å². The molecule has 2 N–H and O–H groups in total. The maximum absolute atomic E-state index is 13.2. The van der Waals surface area contributed by atoms with E-state index in [2.05, 4.69) is 0 Å². The van der Waals surface area contributed by atoms with Crippen LogP contribution in [0.15, 0.2) is 36.4 Å². The van der Waals surface area contributed by atoms with Crippen LogP contribution in [0.1, 0.15) is 21.5 Å². The van der Waals surface area contributed by atoms with E-state index in [1.807, 2.05) is 6.92 Å². The average molecular weight is 289 g/mol. The van der Waals surface area contributed by atoms with Crippen LogP contribution in [0.3, 0.4) is 0 Å². The molecule has 0 amide bonds. The van der Waals surface area contributed by atoms with Crippen molar-refractivity contribution in [2.75, 3.05) is 12.8 Å². The zero-order valence-corrected chi connectivity index (χ0v) is 11.9. The SMILES string of the molecule is COc1cc(N)ccc1C(=O)OCc1cc(F)ccc1C. The Balaban J connectivity index is 2.13. The van der Waals surface area contributed by atoms with Gasteiger partial charge in [0.2, 0.25) is 0 Å². The van der Waals surface area contributed by atoms with Crippen molar-refractivity contribution in [2.45, 2.75) is 13.5 Å². The van der Waals surface area contributed by atoms with Gasteiger partial charge in [-0.15, -0.1) is 0 Å². The lowest BCUT2D eigenvalue weighted by molar-refractivity contribution is 0.0468. The van der Waals surface area contributed by atoms with Gasteiger partial charge in [-0.1, -0.05) is 6.07 Å². The summed E-state index contributed by atoms with van der Waals surface area (Å²) >= 11 is 0. The van der Waals surface area contributed by atoms with Gasteiger partial charge in [0.1, 0.15) is 23.7 Å². The molecule has 0 aliphatic carbocycles. The quantitative estimate of drug-likeness (QED) is 0.694. The number of benzene rings is 2. The number of carbonyl (C=O) groups excluding carboxylic acids is 1. The molecule has 0 aliphatic heterocycles. The maximum atomic E-state index is 13.2. The molecule has 4 nitrogen and oxygen atoms in total. The van der Waals surface area contributed by atoms with Crippen LogP contribution in [0.5, 0.6) is 5.75 Å². The van der Waals surface area contributed by atoms with Gasteiger partial charge in [-0.05, 0) is 42.3 Å². The number of halogens is 1. The summed E-state index contributed by atoms with van der Waals surface area (Å²) in [4.78, 5) is 12.1. The third-order valence-corrected chi connectivity index (χ3v) is 3.12. The van der Waals surface area contributed by atoms with Crippen molar-refractivity contribution in [3.8, 4) is 5.75 Å². The summed E-state index contributed by atoms with van der Waals surface area (Å²) in [6.45, 7) is 1.82. The molecule has 0 aliphatic rings. The number of rotatable bonds is 4. The van der Waals surface area contributed by atoms with Crippen LogP contribution in [0, 0.1) is 12.7 Å². The van der Waals surface area contributed by atoms with Gasteiger partial charge in [0, 0.05) is 11.8 Å². The van der Waals surface area contributed by atoms with E-state index in [-0.39, 0.29) is 18.0 Å². The van der Waals surface area contributed by atoms with E-state index in [4.69, 9.17) is 15.2 Å². The average Bonchev–Trinajstić information content (AvgIpc) is 2.47. The predicted molar refractivity (Wildman–Crippen MR) is 77.7 cm³/mol. The molecule has 0 radical (unpaired) electrons. The van der Waals surface area contributed by atoms with E-state index >= 15 is 0 Å². The molecular formula is C16H16FNO3. The number of esters is 1. The Morgan fingerprint density at radius 1 is 1.24 bits per heavy atom. The summed E-state index contributed by atoms with van der Waals surface area (Å²) in [7, 11) is 1.45. The second-order valence-electron chi connectivity index (χ2n) is 4.61. The van der Waals surface area contributed by atoms with E-state index in [1.165, 1.54) is 25.3 Å². The molecule has 5 heteroatoms. The molecule has 2 aromatic rings. The lowest BCUT2D eigenvalue weighted by Gasteiger charge is -2.10. The number of nitrogen functional groups attached to an aromatic ring is 1. The van der Waals surface area contributed by atoms with Crippen molar-refractivity contribution < 1.29 is 18.7 Å². The zero-order valence-electron chi connectivity index (χ0n) is 11.9. The molecular weight excluding hydrogens is 273 g/mol. The maximum Gasteiger partial charge on any atom is 0.342 e. The van der Waals surface area contributed by atoms with Gasteiger partial charge in [0.05, 0.1) is 7.11 Å². The Bertz CT molecular complexity index is 671. The molecule has 0 unspecified atom stereocenters. The molecule has 110 valence electrons. The fourth-order valence-electron chi connectivity index (χ4n) is 1.89. The van der Waals surface area contributed by atoms with Crippen LogP contribution in [0.4, 0.5) is 10.1 Å². The second-order valence-corrected chi connectivity index (χ2v) is 4.61. The van der Waals surface area contributed by atoms with Crippen LogP contribution in [-0.4, -0.2) is 13.1 Å². The van der Waals surface area contributed by atoms with Crippen LogP contribution < -0.4 is 10.5 Å². The largest absolute Gasteiger partial charge is 0.496 e. The van der Waals surface area contributed by atoms with E-state index in [0.717, 1.165) is 5.56 Å². The van der Waals surface area contributed by atoms with Crippen molar-refractivity contribution in [1.29, 1.82) is 0 Å². The first-order chi connectivity index (χ1) is 10.0. The van der Waals surface area contributed by atoms with E-state index in [0.29, 0.717) is 17.0 Å². The molecule has 2 aromatic carbocycles. The third-order valence-electron chi connectivity index (χ3n) is 3.12. The number of methoxy groups -OCH3 is 1. The minimum atomic E-state index is -0.546. The molecule has 0 bridgehead atoms. The zero-order chi connectivity index (χ0) is 15.4. The predicted octanol–water partition coefficient (Wildman–Crippen LogP) is 3.08. The fourth-order valence-corrected chi connectivity index (χ4v) is 1.89. The van der Waals surface area contributed by atoms with Crippen LogP contribution >= 0.6 is 0 Å². The molecule has 0 saturated heterocycles. The number of nitrogens with two attached hydrogens (primary N) is 1. The molecule has 0 heterocycles. The van der Waals surface area contributed by atoms with Gasteiger partial charge in [-0.25, -0.2) is 9.18 Å². The van der Waals surface area contributed by atoms with E-state index in [1.54, 1.807) is 18.2 Å². The van der Waals surface area contributed by atoms with Gasteiger partial charge in [0.15, 0.2) is 0 Å². The van der Waals surface area contributed by atoms with Gasteiger partial charge in [-0.3, -0.25) is 0 Å². The fraction of sp³-hybridized carbons (Fsp3) is 0.188. The first-order valence-corrected chi connectivity index (χ1v) is 6.37. The first-order valence-electron chi connectivity index (χ1n) is 6.37. The third kappa shape index (κ3) is 3.51. The normalized spacial score (nSPS) is 10.2. The Morgan fingerprint density at radius 3 is 2.71 bits per heavy atom. The monoisotopic (exact) mass is 289 g/mol. The van der Waals surface area contributed by atoms with Crippen LogP contribution in [0.25, 0.3) is 0 Å². The minimum absolute atomic E-state index is 0.00401. The molecule has 0 spiro atoms. The number of anilines is 1. The summed E-state index contributed by atoms with van der Waals surface area (Å²) in [6.07, 6.45) is 0. The van der Waals surface area contributed by atoms with Gasteiger partial charge in [0.25, 0.3) is 0 Å². The summed E-state index contributed by atoms with van der Waals surface area (Å²) < 4.78 is 23.5. The lowest BCUT2D eigenvalue weighted by Crippen LogP contribution is -2.08. The van der Waals surface area contributed by atoms with E-state index in [9.17, 15) is 9.18 Å². The first kappa shape index (κ1) is 14.8. The molecule has 0 fully saturated rings. The molecule has 0 saturated carbocycles. The van der Waals surface area contributed by atoms with Crippen molar-refractivity contribution in [1.82, 2.24) is 0 Å². The summed E-state index contributed by atoms with van der Waals surface area (Å²) in [5.74, 6) is -0.566. The highest BCUT2D eigenvalue weighted by Crippen LogP contribution is 2.23. The second kappa shape index (κ2) is 6.26. The van der Waals surface area contributed by atoms with E-state index < -0.39 is 5.97 Å². The highest BCUT2D eigenvalue weighted by atomic mass is 19.1. The van der Waals surface area contributed by atoms with Crippen molar-refractivity contribution >= 4 is 11.7 Å².